The minimum atomic E-state index is 0. The van der Waals surface area contributed by atoms with Gasteiger partial charge in [-0.05, 0) is 5.56 Å². The third kappa shape index (κ3) is 7.10. The van der Waals surface area contributed by atoms with Gasteiger partial charge in [0.05, 0.1) is 0 Å². The van der Waals surface area contributed by atoms with Crippen LogP contribution in [-0.2, 0) is 5.75 Å². The fourth-order valence-electron chi connectivity index (χ4n) is 0.735. The van der Waals surface area contributed by atoms with Crippen LogP contribution in [0.1, 0.15) is 5.56 Å². The number of nitrogens with one attached hydrogen (secondary N) is 1. The lowest BCUT2D eigenvalue weighted by Gasteiger charge is -1.97. The normalized spacial score (nSPS) is 8.00. The maximum absolute atomic E-state index is 6.98. The summed E-state index contributed by atoms with van der Waals surface area (Å²) in [5, 5.41) is 7.16. The predicted octanol–water partition coefficient (Wildman–Crippen LogP) is 2.97. The Kier molecular flexibility index (Phi) is 10.2. The highest BCUT2D eigenvalue weighted by atomic mass is 79.9. The van der Waals surface area contributed by atoms with Crippen LogP contribution >= 0.6 is 45.7 Å². The molecule has 0 bridgehead atoms. The Morgan fingerprint density at radius 3 is 2.23 bits per heavy atom. The topological polar surface area (TPSA) is 49.9 Å². The van der Waals surface area contributed by atoms with E-state index in [2.05, 4.69) is 0 Å². The molecule has 0 radical (unpaired) electrons. The number of halogens is 2. The van der Waals surface area contributed by atoms with Gasteiger partial charge in [-0.2, -0.15) is 0 Å². The van der Waals surface area contributed by atoms with Crippen molar-refractivity contribution in [3.05, 3.63) is 35.9 Å². The van der Waals surface area contributed by atoms with Crippen molar-refractivity contribution in [3.63, 3.8) is 0 Å². The van der Waals surface area contributed by atoms with Crippen LogP contribution in [0.4, 0.5) is 0 Å². The van der Waals surface area contributed by atoms with E-state index in [9.17, 15) is 0 Å². The number of thioether (sulfide) groups is 1. The second kappa shape index (κ2) is 8.59. The van der Waals surface area contributed by atoms with Gasteiger partial charge in [0, 0.05) is 5.75 Å². The summed E-state index contributed by atoms with van der Waals surface area (Å²) in [6, 6.07) is 9.99. The van der Waals surface area contributed by atoms with E-state index in [4.69, 9.17) is 11.1 Å². The monoisotopic (exact) mass is 326 g/mol. The summed E-state index contributed by atoms with van der Waals surface area (Å²) in [4.78, 5) is 0. The first-order valence-corrected chi connectivity index (χ1v) is 4.28. The first kappa shape index (κ1) is 15.5. The molecule has 1 aromatic carbocycles. The fourth-order valence-corrected chi connectivity index (χ4v) is 1.25. The number of rotatable bonds is 2. The van der Waals surface area contributed by atoms with E-state index in [0.29, 0.717) is 0 Å². The van der Waals surface area contributed by atoms with Gasteiger partial charge in [0.25, 0.3) is 0 Å². The highest BCUT2D eigenvalue weighted by Crippen LogP contribution is 2.09. The van der Waals surface area contributed by atoms with Gasteiger partial charge in [0.15, 0.2) is 5.17 Å². The molecule has 0 aliphatic heterocycles. The van der Waals surface area contributed by atoms with Gasteiger partial charge < -0.3 is 5.73 Å². The molecule has 0 aliphatic carbocycles. The van der Waals surface area contributed by atoms with Crippen LogP contribution < -0.4 is 5.73 Å². The Labute approximate surface area is 103 Å². The molecule has 0 atom stereocenters. The number of hydrogen-bond donors (Lipinski definition) is 2. The molecule has 5 heteroatoms. The molecule has 0 spiro atoms. The van der Waals surface area contributed by atoms with Gasteiger partial charge in [-0.1, -0.05) is 42.1 Å². The average molecular weight is 328 g/mol. The van der Waals surface area contributed by atoms with Gasteiger partial charge in [0.1, 0.15) is 0 Å². The molecule has 2 nitrogen and oxygen atoms in total. The Bertz CT molecular complexity index is 241. The number of benzene rings is 1. The summed E-state index contributed by atoms with van der Waals surface area (Å²) in [5.74, 6) is 0.788. The summed E-state index contributed by atoms with van der Waals surface area (Å²) < 4.78 is 0. The van der Waals surface area contributed by atoms with E-state index in [1.165, 1.54) is 17.3 Å². The van der Waals surface area contributed by atoms with E-state index in [1.807, 2.05) is 30.3 Å². The predicted molar refractivity (Wildman–Crippen MR) is 70.3 cm³/mol. The highest BCUT2D eigenvalue weighted by molar-refractivity contribution is 8.93. The molecule has 0 heterocycles. The van der Waals surface area contributed by atoms with Gasteiger partial charge >= 0.3 is 0 Å². The Morgan fingerprint density at radius 2 is 1.77 bits per heavy atom. The van der Waals surface area contributed by atoms with Crippen LogP contribution in [0.3, 0.4) is 0 Å². The smallest absolute Gasteiger partial charge is 0.151 e. The number of nitrogens with two attached hydrogens (primary N) is 1. The minimum Gasteiger partial charge on any atom is -0.379 e. The molecule has 1 rings (SSSR count). The van der Waals surface area contributed by atoms with Gasteiger partial charge in [-0.3, -0.25) is 5.41 Å². The standard InChI is InChI=1S/C8H10N2S.2BrH/c9-8(10)11-6-7-4-2-1-3-5-7;;/h1-5H,6H2,(H3,9,10);2*1H. The van der Waals surface area contributed by atoms with E-state index >= 15 is 0 Å². The summed E-state index contributed by atoms with van der Waals surface area (Å²) in [7, 11) is 0. The molecule has 1 aromatic rings. The van der Waals surface area contributed by atoms with Crippen LogP contribution in [0.2, 0.25) is 0 Å². The maximum Gasteiger partial charge on any atom is 0.151 e. The molecule has 13 heavy (non-hydrogen) atoms. The van der Waals surface area contributed by atoms with Crippen LogP contribution in [-0.4, -0.2) is 5.17 Å². The molecule has 0 aliphatic rings. The van der Waals surface area contributed by atoms with Gasteiger partial charge in [0.2, 0.25) is 0 Å². The number of amidine groups is 1. The zero-order chi connectivity index (χ0) is 8.10. The SMILES string of the molecule is Br.Br.N=C(N)SCc1ccccc1. The largest absolute Gasteiger partial charge is 0.379 e. The third-order valence-electron chi connectivity index (χ3n) is 1.24. The minimum absolute atomic E-state index is 0. The Hall–Kier alpha value is 0. The van der Waals surface area contributed by atoms with Crippen LogP contribution in [0.25, 0.3) is 0 Å². The summed E-state index contributed by atoms with van der Waals surface area (Å²) in [6.45, 7) is 0. The van der Waals surface area contributed by atoms with Crippen molar-refractivity contribution < 1.29 is 0 Å². The Morgan fingerprint density at radius 1 is 1.23 bits per heavy atom. The summed E-state index contributed by atoms with van der Waals surface area (Å²) >= 11 is 1.35. The lowest BCUT2D eigenvalue weighted by atomic mass is 10.2. The third-order valence-corrected chi connectivity index (χ3v) is 2.03. The quantitative estimate of drug-likeness (QED) is 0.648. The van der Waals surface area contributed by atoms with Crippen molar-refractivity contribution >= 4 is 50.9 Å². The zero-order valence-corrected chi connectivity index (χ0v) is 11.1. The molecule has 0 saturated carbocycles. The molecular weight excluding hydrogens is 316 g/mol. The lowest BCUT2D eigenvalue weighted by Crippen LogP contribution is -2.03. The second-order valence-electron chi connectivity index (χ2n) is 2.14. The van der Waals surface area contributed by atoms with Gasteiger partial charge in [-0.15, -0.1) is 34.0 Å². The van der Waals surface area contributed by atoms with Crippen LogP contribution in [0.15, 0.2) is 30.3 Å². The molecule has 0 fully saturated rings. The first-order chi connectivity index (χ1) is 5.29. The zero-order valence-electron chi connectivity index (χ0n) is 6.90. The van der Waals surface area contributed by atoms with Crippen molar-refractivity contribution in [1.29, 1.82) is 5.41 Å². The van der Waals surface area contributed by atoms with Crippen LogP contribution in [0, 0.1) is 5.41 Å². The molecule has 0 unspecified atom stereocenters. The van der Waals surface area contributed by atoms with Crippen molar-refractivity contribution in [2.45, 2.75) is 5.75 Å². The lowest BCUT2D eigenvalue weighted by molar-refractivity contribution is 1.42. The molecule has 0 amide bonds. The highest BCUT2D eigenvalue weighted by Gasteiger charge is 1.92. The van der Waals surface area contributed by atoms with Crippen molar-refractivity contribution in [2.24, 2.45) is 5.73 Å². The van der Waals surface area contributed by atoms with E-state index in [1.54, 1.807) is 0 Å². The molecule has 0 aromatic heterocycles. The molecule has 0 saturated heterocycles. The summed E-state index contributed by atoms with van der Waals surface area (Å²) in [5.41, 5.74) is 6.39. The molecule has 74 valence electrons. The fraction of sp³-hybridized carbons (Fsp3) is 0.125. The van der Waals surface area contributed by atoms with Crippen molar-refractivity contribution in [2.75, 3.05) is 0 Å². The van der Waals surface area contributed by atoms with Crippen molar-refractivity contribution in [1.82, 2.24) is 0 Å². The number of hydrogen-bond acceptors (Lipinski definition) is 2. The van der Waals surface area contributed by atoms with Gasteiger partial charge in [-0.25, -0.2) is 0 Å². The average Bonchev–Trinajstić information content (AvgIpc) is 2.03. The maximum atomic E-state index is 6.98. The van der Waals surface area contributed by atoms with E-state index in [0.717, 1.165) is 5.75 Å². The molecule has 3 N–H and O–H groups in total. The summed E-state index contributed by atoms with van der Waals surface area (Å²) in [6.07, 6.45) is 0. The second-order valence-corrected chi connectivity index (χ2v) is 3.16. The van der Waals surface area contributed by atoms with Crippen LogP contribution in [0.5, 0.6) is 0 Å². The first-order valence-electron chi connectivity index (χ1n) is 3.30. The van der Waals surface area contributed by atoms with Crippen molar-refractivity contribution in [3.8, 4) is 0 Å². The van der Waals surface area contributed by atoms with E-state index < -0.39 is 0 Å². The molecular formula is C8H12Br2N2S. The Balaban J connectivity index is 0. The van der Waals surface area contributed by atoms with E-state index in [-0.39, 0.29) is 39.1 Å².